The molecule has 1 fully saturated rings. The lowest BCUT2D eigenvalue weighted by Gasteiger charge is -2.30. The van der Waals surface area contributed by atoms with Crippen LogP contribution in [-0.4, -0.2) is 31.1 Å². The Morgan fingerprint density at radius 3 is 2.71 bits per heavy atom. The van der Waals surface area contributed by atoms with Gasteiger partial charge in [-0.3, -0.25) is 10.1 Å². The average molecular weight is 355 g/mol. The summed E-state index contributed by atoms with van der Waals surface area (Å²) in [5.41, 5.74) is -0.413. The Bertz CT molecular complexity index is 631. The first-order chi connectivity index (χ1) is 9.85. The molecule has 7 nitrogen and oxygen atoms in total. The molecule has 0 saturated heterocycles. The largest absolute Gasteiger partial charge is 0.396 e. The van der Waals surface area contributed by atoms with Gasteiger partial charge in [-0.1, -0.05) is 24.4 Å². The average Bonchev–Trinajstić information content (AvgIpc) is 2.82. The van der Waals surface area contributed by atoms with Gasteiger partial charge < -0.3 is 5.11 Å². The molecular weight excluding hydrogens is 340 g/mol. The summed E-state index contributed by atoms with van der Waals surface area (Å²) in [5, 5.41) is 20.0. The molecule has 118 valence electrons. The molecule has 0 radical (unpaired) electrons. The van der Waals surface area contributed by atoms with E-state index < -0.39 is 20.6 Å². The van der Waals surface area contributed by atoms with Crippen LogP contribution >= 0.6 is 22.9 Å². The second-order valence-electron chi connectivity index (χ2n) is 4.94. The molecule has 1 saturated carbocycles. The van der Waals surface area contributed by atoms with Gasteiger partial charge in [0.05, 0.1) is 4.92 Å². The van der Waals surface area contributed by atoms with Crippen molar-refractivity contribution < 1.29 is 18.4 Å². The van der Waals surface area contributed by atoms with Crippen LogP contribution < -0.4 is 4.72 Å². The summed E-state index contributed by atoms with van der Waals surface area (Å²) in [7, 11) is -3.87. The Hall–Kier alpha value is -0.740. The molecule has 2 unspecified atom stereocenters. The first kappa shape index (κ1) is 16.6. The summed E-state index contributed by atoms with van der Waals surface area (Å²) in [6.45, 7) is -0.0848. The molecule has 1 heterocycles. The molecule has 10 heteroatoms. The monoisotopic (exact) mass is 354 g/mol. The lowest BCUT2D eigenvalue weighted by atomic mass is 9.86. The Morgan fingerprint density at radius 1 is 1.48 bits per heavy atom. The van der Waals surface area contributed by atoms with Crippen LogP contribution in [0.3, 0.4) is 0 Å². The second-order valence-corrected chi connectivity index (χ2v) is 8.53. The molecule has 1 aliphatic rings. The number of nitrogens with one attached hydrogen (secondary N) is 1. The third-order valence-electron chi connectivity index (χ3n) is 3.56. The molecule has 2 atom stereocenters. The van der Waals surface area contributed by atoms with Crippen molar-refractivity contribution in [2.45, 2.75) is 35.9 Å². The number of aliphatic hydroxyl groups is 1. The second kappa shape index (κ2) is 6.57. The summed E-state index contributed by atoms with van der Waals surface area (Å²) >= 11 is 6.35. The molecule has 0 amide bonds. The van der Waals surface area contributed by atoms with Crippen molar-refractivity contribution in [3.05, 3.63) is 20.5 Å². The lowest BCUT2D eigenvalue weighted by molar-refractivity contribution is -0.384. The summed E-state index contributed by atoms with van der Waals surface area (Å²) in [5.74, 6) is -0.126. The fourth-order valence-electron chi connectivity index (χ4n) is 2.43. The van der Waals surface area contributed by atoms with Crippen LogP contribution in [0.25, 0.3) is 0 Å². The maximum absolute atomic E-state index is 12.3. The molecule has 0 bridgehead atoms. The molecular formula is C11H15ClN2O5S2. The normalized spacial score (nSPS) is 23.1. The van der Waals surface area contributed by atoms with Crippen molar-refractivity contribution in [2.24, 2.45) is 5.92 Å². The fourth-order valence-corrected chi connectivity index (χ4v) is 5.45. The highest BCUT2D eigenvalue weighted by molar-refractivity contribution is 7.91. The predicted octanol–water partition coefficient (Wildman–Crippen LogP) is 2.14. The van der Waals surface area contributed by atoms with E-state index in [4.69, 9.17) is 11.6 Å². The minimum atomic E-state index is -3.87. The van der Waals surface area contributed by atoms with E-state index in [1.807, 2.05) is 0 Å². The van der Waals surface area contributed by atoms with Crippen LogP contribution in [0.5, 0.6) is 0 Å². The van der Waals surface area contributed by atoms with E-state index in [0.29, 0.717) is 17.8 Å². The van der Waals surface area contributed by atoms with Gasteiger partial charge in [-0.2, -0.15) is 0 Å². The lowest BCUT2D eigenvalue weighted by Crippen LogP contribution is -2.43. The number of rotatable bonds is 5. The van der Waals surface area contributed by atoms with Gasteiger partial charge in [0.1, 0.15) is 4.21 Å². The maximum Gasteiger partial charge on any atom is 0.300 e. The van der Waals surface area contributed by atoms with Gasteiger partial charge in [0, 0.05) is 18.7 Å². The summed E-state index contributed by atoms with van der Waals surface area (Å²) in [4.78, 5) is 10.0. The first-order valence-corrected chi connectivity index (χ1v) is 9.10. The van der Waals surface area contributed by atoms with E-state index >= 15 is 0 Å². The van der Waals surface area contributed by atoms with Gasteiger partial charge in [0.15, 0.2) is 4.34 Å². The van der Waals surface area contributed by atoms with E-state index in [1.165, 1.54) is 0 Å². The highest BCUT2D eigenvalue weighted by atomic mass is 35.5. The number of sulfonamides is 1. The topological polar surface area (TPSA) is 110 Å². The van der Waals surface area contributed by atoms with E-state index in [-0.39, 0.29) is 27.1 Å². The van der Waals surface area contributed by atoms with Gasteiger partial charge in [-0.25, -0.2) is 13.1 Å². The number of nitro groups is 1. The zero-order chi connectivity index (χ0) is 15.6. The SMILES string of the molecule is O=[N+]([O-])c1cc(S(=O)(=O)NC2CCCCC2CO)sc1Cl. The molecule has 2 N–H and O–H groups in total. The number of aliphatic hydroxyl groups excluding tert-OH is 1. The van der Waals surface area contributed by atoms with Crippen molar-refractivity contribution in [1.29, 1.82) is 0 Å². The number of hydrogen-bond donors (Lipinski definition) is 2. The maximum atomic E-state index is 12.3. The molecule has 0 aliphatic heterocycles. The van der Waals surface area contributed by atoms with Crippen molar-refractivity contribution in [3.8, 4) is 0 Å². The molecule has 0 aromatic carbocycles. The molecule has 1 aliphatic carbocycles. The van der Waals surface area contributed by atoms with Crippen LogP contribution in [0.2, 0.25) is 4.34 Å². The van der Waals surface area contributed by atoms with Crippen molar-refractivity contribution in [2.75, 3.05) is 6.61 Å². The smallest absolute Gasteiger partial charge is 0.300 e. The van der Waals surface area contributed by atoms with Gasteiger partial charge in [-0.05, 0) is 18.8 Å². The van der Waals surface area contributed by atoms with E-state index in [0.717, 1.165) is 25.3 Å². The molecule has 2 rings (SSSR count). The molecule has 1 aromatic heterocycles. The van der Waals surface area contributed by atoms with E-state index in [9.17, 15) is 23.6 Å². The Balaban J connectivity index is 2.21. The van der Waals surface area contributed by atoms with Gasteiger partial charge in [0.2, 0.25) is 0 Å². The number of hydrogen-bond acceptors (Lipinski definition) is 6. The third-order valence-corrected chi connectivity index (χ3v) is 6.86. The van der Waals surface area contributed by atoms with Crippen molar-refractivity contribution >= 4 is 38.6 Å². The van der Waals surface area contributed by atoms with Gasteiger partial charge in [-0.15, -0.1) is 11.3 Å². The number of nitrogens with zero attached hydrogens (tertiary/aromatic N) is 1. The minimum Gasteiger partial charge on any atom is -0.396 e. The molecule has 1 aromatic rings. The van der Waals surface area contributed by atoms with Gasteiger partial charge in [0.25, 0.3) is 15.7 Å². The first-order valence-electron chi connectivity index (χ1n) is 6.42. The Labute approximate surface area is 131 Å². The Kier molecular flexibility index (Phi) is 5.20. The minimum absolute atomic E-state index is 0.0848. The van der Waals surface area contributed by atoms with Crippen LogP contribution in [0, 0.1) is 16.0 Å². The molecule has 0 spiro atoms. The predicted molar refractivity (Wildman–Crippen MR) is 79.1 cm³/mol. The number of thiophene rings is 1. The quantitative estimate of drug-likeness (QED) is 0.621. The fraction of sp³-hybridized carbons (Fsp3) is 0.636. The highest BCUT2D eigenvalue weighted by Gasteiger charge is 2.31. The molecule has 21 heavy (non-hydrogen) atoms. The van der Waals surface area contributed by atoms with E-state index in [1.54, 1.807) is 0 Å². The standard InChI is InChI=1S/C11H15ClN2O5S2/c12-11-9(14(16)17)5-10(20-11)21(18,19)13-8-4-2-1-3-7(8)6-15/h5,7-8,13,15H,1-4,6H2. The van der Waals surface area contributed by atoms with Crippen LogP contribution in [0.15, 0.2) is 10.3 Å². The van der Waals surface area contributed by atoms with Crippen molar-refractivity contribution in [1.82, 2.24) is 4.72 Å². The van der Waals surface area contributed by atoms with Crippen LogP contribution in [0.4, 0.5) is 5.69 Å². The summed E-state index contributed by atoms with van der Waals surface area (Å²) in [6.07, 6.45) is 3.25. The Morgan fingerprint density at radius 2 is 2.14 bits per heavy atom. The van der Waals surface area contributed by atoms with Crippen molar-refractivity contribution in [3.63, 3.8) is 0 Å². The van der Waals surface area contributed by atoms with Gasteiger partial charge >= 0.3 is 0 Å². The van der Waals surface area contributed by atoms with Crippen LogP contribution in [0.1, 0.15) is 25.7 Å². The zero-order valence-corrected chi connectivity index (χ0v) is 13.4. The summed E-state index contributed by atoms with van der Waals surface area (Å²) < 4.78 is 26.8. The third kappa shape index (κ3) is 3.72. The summed E-state index contributed by atoms with van der Waals surface area (Å²) in [6, 6.07) is 0.611. The zero-order valence-electron chi connectivity index (χ0n) is 11.0. The highest BCUT2D eigenvalue weighted by Crippen LogP contribution is 2.36. The number of halogens is 1. The van der Waals surface area contributed by atoms with Crippen LogP contribution in [-0.2, 0) is 10.0 Å². The van der Waals surface area contributed by atoms with E-state index in [2.05, 4.69) is 4.72 Å².